The van der Waals surface area contributed by atoms with Crippen LogP contribution in [0.1, 0.15) is 17.1 Å². The van der Waals surface area contributed by atoms with Crippen molar-refractivity contribution >= 4 is 19.0 Å². The number of aromatic amines is 1. The zero-order chi connectivity index (χ0) is 25.9. The van der Waals surface area contributed by atoms with E-state index in [0.29, 0.717) is 6.54 Å². The molecule has 3 heterocycles. The highest BCUT2D eigenvalue weighted by Gasteiger charge is 2.17. The Morgan fingerprint density at radius 2 is 1.53 bits per heavy atom. The van der Waals surface area contributed by atoms with Crippen molar-refractivity contribution in [2.45, 2.75) is 20.0 Å². The van der Waals surface area contributed by atoms with Crippen LogP contribution in [0.25, 0.3) is 44.8 Å². The van der Waals surface area contributed by atoms with Gasteiger partial charge in [-0.05, 0) is 47.9 Å². The summed E-state index contributed by atoms with van der Waals surface area (Å²) >= 11 is 0. The van der Waals surface area contributed by atoms with Gasteiger partial charge in [-0.3, -0.25) is 15.0 Å². The first-order chi connectivity index (χ1) is 18.6. The molecule has 0 aliphatic carbocycles. The average Bonchev–Trinajstić information content (AvgIpc) is 3.37. The third-order valence-corrected chi connectivity index (χ3v) is 6.60. The highest BCUT2D eigenvalue weighted by atomic mass is 15.1. The molecule has 7 heteroatoms. The molecule has 0 saturated carbocycles. The fraction of sp³-hybridized carbons (Fsp3) is 0.0968. The van der Waals surface area contributed by atoms with Crippen molar-refractivity contribution in [3.05, 3.63) is 120 Å². The van der Waals surface area contributed by atoms with Crippen LogP contribution in [-0.2, 0) is 13.1 Å². The molecule has 0 atom stereocenters. The minimum Gasteiger partial charge on any atom is -0.340 e. The molecule has 0 radical (unpaired) electrons. The number of imidazole rings is 1. The third kappa shape index (κ3) is 4.97. The van der Waals surface area contributed by atoms with E-state index >= 15 is 0 Å². The van der Waals surface area contributed by atoms with Gasteiger partial charge >= 0.3 is 0 Å². The van der Waals surface area contributed by atoms with E-state index in [1.165, 1.54) is 16.7 Å². The Balaban J connectivity index is 1.33. The Morgan fingerprint density at radius 3 is 2.37 bits per heavy atom. The van der Waals surface area contributed by atoms with Crippen molar-refractivity contribution in [1.82, 2.24) is 29.7 Å². The molecular formula is C31H27BN6. The predicted octanol–water partition coefficient (Wildman–Crippen LogP) is 5.61. The molecule has 0 aliphatic heterocycles. The lowest BCUT2D eigenvalue weighted by Gasteiger charge is -2.18. The number of nitrogens with zero attached hydrogens (tertiary/aromatic N) is 5. The highest BCUT2D eigenvalue weighted by Crippen LogP contribution is 2.31. The minimum absolute atomic E-state index is 0.662. The normalized spacial score (nSPS) is 11.3. The van der Waals surface area contributed by atoms with Crippen LogP contribution >= 0.6 is 0 Å². The van der Waals surface area contributed by atoms with Crippen LogP contribution in [0.3, 0.4) is 0 Å². The first kappa shape index (κ1) is 23.8. The summed E-state index contributed by atoms with van der Waals surface area (Å²) in [7, 11) is 2.13. The first-order valence-corrected chi connectivity index (χ1v) is 12.7. The van der Waals surface area contributed by atoms with E-state index in [0.717, 1.165) is 51.7 Å². The molecule has 38 heavy (non-hydrogen) atoms. The second-order valence-corrected chi connectivity index (χ2v) is 9.53. The van der Waals surface area contributed by atoms with Crippen molar-refractivity contribution in [1.29, 1.82) is 0 Å². The Labute approximate surface area is 222 Å². The molecule has 6 nitrogen and oxygen atoms in total. The van der Waals surface area contributed by atoms with Crippen molar-refractivity contribution in [2.24, 2.45) is 0 Å². The number of rotatable bonds is 7. The summed E-state index contributed by atoms with van der Waals surface area (Å²) in [5.41, 5.74) is 10.0. The summed E-state index contributed by atoms with van der Waals surface area (Å²) in [5.74, 6) is 0.886. The number of pyridine rings is 1. The van der Waals surface area contributed by atoms with Crippen LogP contribution in [0.2, 0.25) is 0 Å². The Morgan fingerprint density at radius 1 is 0.737 bits per heavy atom. The first-order valence-electron chi connectivity index (χ1n) is 12.7. The van der Waals surface area contributed by atoms with Crippen molar-refractivity contribution in [3.63, 3.8) is 0 Å². The van der Waals surface area contributed by atoms with Gasteiger partial charge in [0.15, 0.2) is 7.98 Å². The third-order valence-electron chi connectivity index (χ3n) is 6.60. The van der Waals surface area contributed by atoms with Gasteiger partial charge < -0.3 is 9.79 Å². The summed E-state index contributed by atoms with van der Waals surface area (Å²) in [5, 5.41) is 0. The number of nitrogens with one attached hydrogen (secondary N) is 1. The zero-order valence-electron chi connectivity index (χ0n) is 21.5. The van der Waals surface area contributed by atoms with Crippen LogP contribution in [0, 0.1) is 6.92 Å². The molecule has 0 spiro atoms. The van der Waals surface area contributed by atoms with Gasteiger partial charge in [0.05, 0.1) is 22.4 Å². The Hall–Kier alpha value is -4.62. The van der Waals surface area contributed by atoms with Crippen molar-refractivity contribution in [2.75, 3.05) is 0 Å². The molecule has 0 saturated heterocycles. The Bertz CT molecular complexity index is 1710. The number of aryl methyl sites for hydroxylation is 1. The van der Waals surface area contributed by atoms with Crippen LogP contribution in [-0.4, -0.2) is 37.7 Å². The SMILES string of the molecule is BN(Cc1nc(-c2cccc(C)n2)c(-c2ccc3nccnc3c2)[nH]1)Cc1ccccc1-c1ccccc1. The lowest BCUT2D eigenvalue weighted by Crippen LogP contribution is -2.20. The van der Waals surface area contributed by atoms with Gasteiger partial charge in [0, 0.05) is 36.7 Å². The summed E-state index contributed by atoms with van der Waals surface area (Å²) in [6.45, 7) is 3.46. The molecule has 1 N–H and O–H groups in total. The van der Waals surface area contributed by atoms with Crippen LogP contribution in [0.5, 0.6) is 0 Å². The second kappa shape index (κ2) is 10.4. The van der Waals surface area contributed by atoms with E-state index < -0.39 is 0 Å². The van der Waals surface area contributed by atoms with Gasteiger partial charge in [-0.1, -0.05) is 66.7 Å². The zero-order valence-corrected chi connectivity index (χ0v) is 21.5. The molecule has 3 aromatic heterocycles. The molecule has 0 fully saturated rings. The summed E-state index contributed by atoms with van der Waals surface area (Å²) in [4.78, 5) is 24.6. The molecule has 3 aromatic carbocycles. The molecule has 0 bridgehead atoms. The van der Waals surface area contributed by atoms with Gasteiger partial charge in [-0.15, -0.1) is 0 Å². The number of benzene rings is 3. The standard InChI is InChI=1S/C31H27BN6/c1-21-8-7-13-27(35-21)31-30(23-14-15-26-28(18-23)34-17-16-33-26)36-29(37-31)20-38(32)19-24-11-5-6-12-25(24)22-9-3-2-4-10-22/h2-18H,19-20,32H2,1H3,(H,36,37). The Kier molecular flexibility index (Phi) is 6.50. The van der Waals surface area contributed by atoms with E-state index in [2.05, 4.69) is 94.5 Å². The van der Waals surface area contributed by atoms with Gasteiger partial charge in [0.2, 0.25) is 0 Å². The quantitative estimate of drug-likeness (QED) is 0.292. The lowest BCUT2D eigenvalue weighted by atomic mass is 9.99. The maximum atomic E-state index is 5.04. The van der Waals surface area contributed by atoms with E-state index in [9.17, 15) is 0 Å². The molecule has 184 valence electrons. The van der Waals surface area contributed by atoms with Gasteiger partial charge in [0.25, 0.3) is 0 Å². The maximum absolute atomic E-state index is 5.04. The largest absolute Gasteiger partial charge is 0.340 e. The molecular weight excluding hydrogens is 467 g/mol. The smallest absolute Gasteiger partial charge is 0.186 e. The van der Waals surface area contributed by atoms with E-state index in [1.54, 1.807) is 12.4 Å². The number of hydrogen-bond donors (Lipinski definition) is 1. The number of fused-ring (bicyclic) bond motifs is 1. The fourth-order valence-corrected chi connectivity index (χ4v) is 4.85. The minimum atomic E-state index is 0.662. The number of aromatic nitrogens is 5. The average molecular weight is 494 g/mol. The predicted molar refractivity (Wildman–Crippen MR) is 155 cm³/mol. The molecule has 0 unspecified atom stereocenters. The van der Waals surface area contributed by atoms with Crippen LogP contribution in [0.4, 0.5) is 0 Å². The number of H-pyrrole nitrogens is 1. The van der Waals surface area contributed by atoms with Gasteiger partial charge in [-0.2, -0.15) is 0 Å². The summed E-state index contributed by atoms with van der Waals surface area (Å²) in [6.07, 6.45) is 3.43. The summed E-state index contributed by atoms with van der Waals surface area (Å²) < 4.78 is 0. The van der Waals surface area contributed by atoms with Crippen molar-refractivity contribution < 1.29 is 0 Å². The highest BCUT2D eigenvalue weighted by molar-refractivity contribution is 6.04. The van der Waals surface area contributed by atoms with Crippen LogP contribution < -0.4 is 0 Å². The molecule has 0 amide bonds. The van der Waals surface area contributed by atoms with Gasteiger partial charge in [0.1, 0.15) is 11.5 Å². The lowest BCUT2D eigenvalue weighted by molar-refractivity contribution is 0.433. The molecule has 6 aromatic rings. The van der Waals surface area contributed by atoms with E-state index in [4.69, 9.17) is 9.97 Å². The molecule has 6 rings (SSSR count). The number of hydrogen-bond acceptors (Lipinski definition) is 5. The van der Waals surface area contributed by atoms with Crippen molar-refractivity contribution in [3.8, 4) is 33.8 Å². The monoisotopic (exact) mass is 494 g/mol. The second-order valence-electron chi connectivity index (χ2n) is 9.53. The summed E-state index contributed by atoms with van der Waals surface area (Å²) in [6, 6.07) is 31.3. The van der Waals surface area contributed by atoms with Gasteiger partial charge in [-0.25, -0.2) is 4.98 Å². The van der Waals surface area contributed by atoms with Crippen LogP contribution in [0.15, 0.2) is 103 Å². The molecule has 0 aliphatic rings. The van der Waals surface area contributed by atoms with E-state index in [1.807, 2.05) is 31.2 Å². The fourth-order valence-electron chi connectivity index (χ4n) is 4.85. The topological polar surface area (TPSA) is 70.6 Å². The maximum Gasteiger partial charge on any atom is 0.186 e. The van der Waals surface area contributed by atoms with E-state index in [-0.39, 0.29) is 0 Å².